The summed E-state index contributed by atoms with van der Waals surface area (Å²) in [6, 6.07) is 3.68. The number of hydrogen-bond donors (Lipinski definition) is 1. The smallest absolute Gasteiger partial charge is 0.341 e. The fourth-order valence-electron chi connectivity index (χ4n) is 2.32. The Hall–Kier alpha value is -1.85. The summed E-state index contributed by atoms with van der Waals surface area (Å²) in [6.45, 7) is 1.99. The van der Waals surface area contributed by atoms with Gasteiger partial charge in [0, 0.05) is 23.7 Å². The average molecular weight is 281 g/mol. The first kappa shape index (κ1) is 13.1. The minimum absolute atomic E-state index is 0.130. The number of nitrogens with one attached hydrogen (secondary N) is 1. The lowest BCUT2D eigenvalue weighted by molar-refractivity contribution is -0.161. The van der Waals surface area contributed by atoms with Gasteiger partial charge < -0.3 is 4.98 Å². The molecule has 0 unspecified atom stereocenters. The summed E-state index contributed by atoms with van der Waals surface area (Å²) in [5, 5.41) is 0. The molecule has 0 aromatic carbocycles. The van der Waals surface area contributed by atoms with Crippen LogP contribution in [-0.2, 0) is 11.8 Å². The number of H-pyrrole nitrogens is 1. The van der Waals surface area contributed by atoms with E-state index in [0.29, 0.717) is 11.4 Å². The minimum Gasteiger partial charge on any atom is -0.341 e. The molecule has 1 aliphatic carbocycles. The van der Waals surface area contributed by atoms with Gasteiger partial charge in [-0.3, -0.25) is 4.98 Å². The van der Waals surface area contributed by atoms with Gasteiger partial charge in [0.1, 0.15) is 11.2 Å². The van der Waals surface area contributed by atoms with Crippen molar-refractivity contribution >= 4 is 0 Å². The number of imidazole rings is 1. The maximum atomic E-state index is 13.0. The molecule has 6 heteroatoms. The van der Waals surface area contributed by atoms with Crippen LogP contribution >= 0.6 is 0 Å². The lowest BCUT2D eigenvalue weighted by atomic mass is 10.0. The Morgan fingerprint density at radius 1 is 1.20 bits per heavy atom. The number of hydrogen-bond acceptors (Lipinski definition) is 2. The third-order valence-corrected chi connectivity index (χ3v) is 3.84. The zero-order valence-corrected chi connectivity index (χ0v) is 11.0. The molecule has 1 fully saturated rings. The SMILES string of the molecule is CCc1ccc(-c2ncc(C3(C(F)(F)F)CC3)[nH]2)cn1. The third kappa shape index (κ3) is 1.99. The number of rotatable bonds is 3. The van der Waals surface area contributed by atoms with Gasteiger partial charge in [-0.1, -0.05) is 6.92 Å². The highest BCUT2D eigenvalue weighted by Crippen LogP contribution is 2.58. The van der Waals surface area contributed by atoms with E-state index in [4.69, 9.17) is 0 Å². The first-order valence-corrected chi connectivity index (χ1v) is 6.54. The topological polar surface area (TPSA) is 41.6 Å². The number of aromatic nitrogens is 3. The molecule has 20 heavy (non-hydrogen) atoms. The highest BCUT2D eigenvalue weighted by atomic mass is 19.4. The molecule has 0 atom stereocenters. The first-order valence-electron chi connectivity index (χ1n) is 6.54. The van der Waals surface area contributed by atoms with Gasteiger partial charge in [-0.25, -0.2) is 4.98 Å². The first-order chi connectivity index (χ1) is 9.46. The molecule has 1 saturated carbocycles. The van der Waals surface area contributed by atoms with E-state index in [1.807, 2.05) is 19.1 Å². The van der Waals surface area contributed by atoms with Crippen molar-refractivity contribution in [1.82, 2.24) is 15.0 Å². The predicted octanol–water partition coefficient (Wildman–Crippen LogP) is 3.63. The molecule has 1 N–H and O–H groups in total. The minimum atomic E-state index is -4.22. The van der Waals surface area contributed by atoms with Crippen LogP contribution in [0.2, 0.25) is 0 Å². The summed E-state index contributed by atoms with van der Waals surface area (Å²) in [7, 11) is 0. The molecular weight excluding hydrogens is 267 g/mol. The zero-order chi connectivity index (χ0) is 14.4. The predicted molar refractivity (Wildman–Crippen MR) is 68.2 cm³/mol. The van der Waals surface area contributed by atoms with Gasteiger partial charge in [-0.15, -0.1) is 0 Å². The van der Waals surface area contributed by atoms with Crippen LogP contribution < -0.4 is 0 Å². The van der Waals surface area contributed by atoms with E-state index >= 15 is 0 Å². The van der Waals surface area contributed by atoms with Crippen LogP contribution in [0.4, 0.5) is 13.2 Å². The monoisotopic (exact) mass is 281 g/mol. The molecule has 106 valence electrons. The molecule has 0 radical (unpaired) electrons. The molecule has 3 nitrogen and oxygen atoms in total. The van der Waals surface area contributed by atoms with E-state index in [9.17, 15) is 13.2 Å². The van der Waals surface area contributed by atoms with Gasteiger partial charge in [0.05, 0.1) is 5.69 Å². The molecule has 1 aliphatic rings. The Balaban J connectivity index is 1.91. The second kappa shape index (κ2) is 4.33. The highest BCUT2D eigenvalue weighted by molar-refractivity contribution is 5.54. The second-order valence-corrected chi connectivity index (χ2v) is 5.12. The van der Waals surface area contributed by atoms with Crippen LogP contribution in [0.25, 0.3) is 11.4 Å². The highest BCUT2D eigenvalue weighted by Gasteiger charge is 2.65. The van der Waals surface area contributed by atoms with Crippen molar-refractivity contribution in [2.45, 2.75) is 37.8 Å². The molecule has 2 aromatic heterocycles. The lowest BCUT2D eigenvalue weighted by Gasteiger charge is -2.17. The van der Waals surface area contributed by atoms with Gasteiger partial charge in [0.25, 0.3) is 0 Å². The van der Waals surface area contributed by atoms with E-state index in [1.54, 1.807) is 6.20 Å². The normalized spacial score (nSPS) is 17.2. The maximum Gasteiger partial charge on any atom is 0.399 e. The fraction of sp³-hybridized carbons (Fsp3) is 0.429. The molecule has 0 bridgehead atoms. The molecule has 2 heterocycles. The summed E-state index contributed by atoms with van der Waals surface area (Å²) in [4.78, 5) is 11.1. The van der Waals surface area contributed by atoms with Crippen molar-refractivity contribution in [3.8, 4) is 11.4 Å². The van der Waals surface area contributed by atoms with Crippen LogP contribution in [0.5, 0.6) is 0 Å². The Labute approximate surface area is 114 Å². The quantitative estimate of drug-likeness (QED) is 0.933. The number of pyridine rings is 1. The molecule has 2 aromatic rings. The van der Waals surface area contributed by atoms with Gasteiger partial charge in [-0.05, 0) is 31.4 Å². The molecule has 0 spiro atoms. The summed E-state index contributed by atoms with van der Waals surface area (Å²) in [6.07, 6.45) is -0.212. The second-order valence-electron chi connectivity index (χ2n) is 5.12. The van der Waals surface area contributed by atoms with Gasteiger partial charge in [-0.2, -0.15) is 13.2 Å². The van der Waals surface area contributed by atoms with Crippen molar-refractivity contribution in [1.29, 1.82) is 0 Å². The van der Waals surface area contributed by atoms with Gasteiger partial charge in [0.15, 0.2) is 0 Å². The van der Waals surface area contributed by atoms with Crippen molar-refractivity contribution in [3.63, 3.8) is 0 Å². The number of nitrogens with zero attached hydrogens (tertiary/aromatic N) is 2. The molecule has 0 amide bonds. The van der Waals surface area contributed by atoms with Crippen LogP contribution in [-0.4, -0.2) is 21.1 Å². The third-order valence-electron chi connectivity index (χ3n) is 3.84. The van der Waals surface area contributed by atoms with Gasteiger partial charge >= 0.3 is 6.18 Å². The number of alkyl halides is 3. The maximum absolute atomic E-state index is 13.0. The molecule has 3 rings (SSSR count). The Morgan fingerprint density at radius 2 is 1.95 bits per heavy atom. The molecule has 0 aliphatic heterocycles. The zero-order valence-electron chi connectivity index (χ0n) is 11.0. The van der Waals surface area contributed by atoms with Crippen LogP contribution in [0, 0.1) is 0 Å². The van der Waals surface area contributed by atoms with Crippen molar-refractivity contribution in [3.05, 3.63) is 35.9 Å². The average Bonchev–Trinajstić information content (AvgIpc) is 3.11. The van der Waals surface area contributed by atoms with Crippen LogP contribution in [0.3, 0.4) is 0 Å². The van der Waals surface area contributed by atoms with Crippen molar-refractivity contribution < 1.29 is 13.2 Å². The lowest BCUT2D eigenvalue weighted by Crippen LogP contribution is -2.28. The van der Waals surface area contributed by atoms with Crippen molar-refractivity contribution in [2.24, 2.45) is 0 Å². The summed E-state index contributed by atoms with van der Waals surface area (Å²) < 4.78 is 39.1. The number of aromatic amines is 1. The van der Waals surface area contributed by atoms with E-state index in [1.165, 1.54) is 6.20 Å². The van der Waals surface area contributed by atoms with E-state index in [-0.39, 0.29) is 18.5 Å². The van der Waals surface area contributed by atoms with Crippen LogP contribution in [0.1, 0.15) is 31.2 Å². The molecule has 0 saturated heterocycles. The fourth-order valence-corrected chi connectivity index (χ4v) is 2.32. The standard InChI is InChI=1S/C14H14F3N3/c1-2-10-4-3-9(7-18-10)12-19-8-11(20-12)13(5-6-13)14(15,16)17/h3-4,7-8H,2,5-6H2,1H3,(H,19,20). The Kier molecular flexibility index (Phi) is 2.84. The molecular formula is C14H14F3N3. The summed E-state index contributed by atoms with van der Waals surface area (Å²) >= 11 is 0. The Morgan fingerprint density at radius 3 is 2.45 bits per heavy atom. The summed E-state index contributed by atoms with van der Waals surface area (Å²) in [5.74, 6) is 0.436. The van der Waals surface area contributed by atoms with Crippen LogP contribution in [0.15, 0.2) is 24.5 Å². The summed E-state index contributed by atoms with van der Waals surface area (Å²) in [5.41, 5.74) is 0.0789. The van der Waals surface area contributed by atoms with Crippen molar-refractivity contribution in [2.75, 3.05) is 0 Å². The number of aryl methyl sites for hydroxylation is 1. The Bertz CT molecular complexity index is 609. The largest absolute Gasteiger partial charge is 0.399 e. The van der Waals surface area contributed by atoms with E-state index in [2.05, 4.69) is 15.0 Å². The van der Waals surface area contributed by atoms with Gasteiger partial charge in [0.2, 0.25) is 0 Å². The number of halogens is 3. The van der Waals surface area contributed by atoms with E-state index < -0.39 is 11.6 Å². The van der Waals surface area contributed by atoms with E-state index in [0.717, 1.165) is 12.1 Å².